The second kappa shape index (κ2) is 8.14. The molecule has 1 N–H and O–H groups in total. The molecule has 0 saturated heterocycles. The molecule has 0 atom stereocenters. The van der Waals surface area contributed by atoms with Gasteiger partial charge in [0.2, 0.25) is 15.0 Å². The largest absolute Gasteiger partial charge is 0.317 e. The lowest BCUT2D eigenvalue weighted by Gasteiger charge is -2.25. The lowest BCUT2D eigenvalue weighted by molar-refractivity contribution is 0.281. The molecule has 1 saturated carbocycles. The lowest BCUT2D eigenvalue weighted by atomic mass is 9.89. The maximum atomic E-state index is 12.2. The fourth-order valence-electron chi connectivity index (χ4n) is 4.05. The first-order chi connectivity index (χ1) is 12.8. The molecule has 3 rings (SSSR count). The van der Waals surface area contributed by atoms with E-state index in [9.17, 15) is 8.42 Å². The molecule has 7 nitrogen and oxygen atoms in total. The van der Waals surface area contributed by atoms with Crippen LogP contribution in [0.3, 0.4) is 0 Å². The van der Waals surface area contributed by atoms with Crippen molar-refractivity contribution in [3.8, 4) is 0 Å². The Bertz CT molecular complexity index is 859. The predicted molar refractivity (Wildman–Crippen MR) is 105 cm³/mol. The van der Waals surface area contributed by atoms with Gasteiger partial charge in [-0.15, -0.1) is 0 Å². The molecule has 8 heteroatoms. The van der Waals surface area contributed by atoms with E-state index in [-0.39, 0.29) is 5.16 Å². The van der Waals surface area contributed by atoms with Crippen LogP contribution in [-0.4, -0.2) is 46.4 Å². The quantitative estimate of drug-likeness (QED) is 0.782. The number of hydrogen-bond donors (Lipinski definition) is 1. The molecule has 0 bridgehead atoms. The fourth-order valence-corrected chi connectivity index (χ4v) is 4.88. The van der Waals surface area contributed by atoms with E-state index in [0.717, 1.165) is 30.2 Å². The van der Waals surface area contributed by atoms with Gasteiger partial charge in [0.1, 0.15) is 0 Å². The number of rotatable bonds is 7. The van der Waals surface area contributed by atoms with E-state index in [4.69, 9.17) is 0 Å². The van der Waals surface area contributed by atoms with E-state index >= 15 is 0 Å². The third kappa shape index (κ3) is 4.79. The minimum Gasteiger partial charge on any atom is -0.317 e. The molecule has 0 spiro atoms. The molecule has 0 aliphatic heterocycles. The molecule has 1 aliphatic carbocycles. The summed E-state index contributed by atoms with van der Waals surface area (Å²) in [5.74, 6) is 0.538. The Labute approximate surface area is 162 Å². The number of aryl methyl sites for hydroxylation is 2. The van der Waals surface area contributed by atoms with Gasteiger partial charge in [-0.05, 0) is 39.7 Å². The summed E-state index contributed by atoms with van der Waals surface area (Å²) in [6.45, 7) is 6.19. The zero-order chi connectivity index (χ0) is 19.6. The fraction of sp³-hybridized carbons (Fsp3) is 0.684. The molecule has 2 aromatic rings. The number of nitrogens with zero attached hydrogens (tertiary/aromatic N) is 4. The Morgan fingerprint density at radius 2 is 1.93 bits per heavy atom. The second-order valence-electron chi connectivity index (χ2n) is 8.00. The number of sulfone groups is 1. The number of aromatic amines is 1. The van der Waals surface area contributed by atoms with Crippen molar-refractivity contribution in [3.05, 3.63) is 28.8 Å². The first kappa shape index (κ1) is 20.1. The normalized spacial score (nSPS) is 16.3. The summed E-state index contributed by atoms with van der Waals surface area (Å²) in [6.07, 6.45) is 9.08. The van der Waals surface area contributed by atoms with Gasteiger partial charge in [0.05, 0.1) is 17.6 Å². The van der Waals surface area contributed by atoms with Crippen LogP contribution in [0.5, 0.6) is 0 Å². The van der Waals surface area contributed by atoms with Crippen molar-refractivity contribution in [3.63, 3.8) is 0 Å². The van der Waals surface area contributed by atoms with E-state index in [1.807, 2.05) is 25.5 Å². The zero-order valence-corrected chi connectivity index (χ0v) is 17.6. The van der Waals surface area contributed by atoms with Crippen LogP contribution in [0.1, 0.15) is 54.7 Å². The van der Waals surface area contributed by atoms with Crippen molar-refractivity contribution in [2.45, 2.75) is 70.7 Å². The molecule has 0 amide bonds. The van der Waals surface area contributed by atoms with Gasteiger partial charge in [-0.1, -0.05) is 19.3 Å². The standard InChI is InChI=1S/C19H31N5O2S/c1-14-18(15(2)22-21-14)13-23(3)12-17-10-20-19(27(4,25)26)24(17)11-16-8-6-5-7-9-16/h10,16H,5-9,11-13H2,1-4H3,(H,21,22). The molecule has 0 radical (unpaired) electrons. The van der Waals surface area contributed by atoms with Crippen LogP contribution in [0.2, 0.25) is 0 Å². The van der Waals surface area contributed by atoms with Gasteiger partial charge in [-0.2, -0.15) is 5.10 Å². The van der Waals surface area contributed by atoms with E-state index in [1.165, 1.54) is 43.9 Å². The molecule has 27 heavy (non-hydrogen) atoms. The minimum atomic E-state index is -3.34. The van der Waals surface area contributed by atoms with Crippen molar-refractivity contribution >= 4 is 9.84 Å². The molecule has 1 aliphatic rings. The van der Waals surface area contributed by atoms with Crippen LogP contribution in [0.25, 0.3) is 0 Å². The van der Waals surface area contributed by atoms with E-state index < -0.39 is 9.84 Å². The van der Waals surface area contributed by atoms with Gasteiger partial charge in [0.15, 0.2) is 0 Å². The van der Waals surface area contributed by atoms with E-state index in [0.29, 0.717) is 12.5 Å². The van der Waals surface area contributed by atoms with Crippen LogP contribution in [0.4, 0.5) is 0 Å². The number of aromatic nitrogens is 4. The summed E-state index contributed by atoms with van der Waals surface area (Å²) in [6, 6.07) is 0. The number of nitrogens with one attached hydrogen (secondary N) is 1. The van der Waals surface area contributed by atoms with Gasteiger partial charge in [-0.3, -0.25) is 10.00 Å². The van der Waals surface area contributed by atoms with Crippen molar-refractivity contribution < 1.29 is 8.42 Å². The monoisotopic (exact) mass is 393 g/mol. The first-order valence-corrected chi connectivity index (χ1v) is 11.6. The van der Waals surface area contributed by atoms with Crippen LogP contribution in [-0.2, 0) is 29.5 Å². The molecule has 1 fully saturated rings. The van der Waals surface area contributed by atoms with Gasteiger partial charge < -0.3 is 4.57 Å². The van der Waals surface area contributed by atoms with Crippen LogP contribution in [0.15, 0.2) is 11.4 Å². The number of imidazole rings is 1. The Balaban J connectivity index is 1.80. The second-order valence-corrected chi connectivity index (χ2v) is 9.91. The Morgan fingerprint density at radius 3 is 2.52 bits per heavy atom. The van der Waals surface area contributed by atoms with Crippen LogP contribution >= 0.6 is 0 Å². The smallest absolute Gasteiger partial charge is 0.227 e. The summed E-state index contributed by atoms with van der Waals surface area (Å²) in [5, 5.41) is 7.48. The van der Waals surface area contributed by atoms with Gasteiger partial charge in [0, 0.05) is 37.1 Å². The van der Waals surface area contributed by atoms with Crippen molar-refractivity contribution in [2.24, 2.45) is 5.92 Å². The third-order valence-corrected chi connectivity index (χ3v) is 6.53. The van der Waals surface area contributed by atoms with Gasteiger partial charge in [-0.25, -0.2) is 13.4 Å². The lowest BCUT2D eigenvalue weighted by Crippen LogP contribution is -2.24. The summed E-state index contributed by atoms with van der Waals surface area (Å²) in [7, 11) is -1.30. The topological polar surface area (TPSA) is 83.9 Å². The predicted octanol–water partition coefficient (Wildman–Crippen LogP) is 2.84. The highest BCUT2D eigenvalue weighted by atomic mass is 32.2. The van der Waals surface area contributed by atoms with Crippen molar-refractivity contribution in [2.75, 3.05) is 13.3 Å². The highest BCUT2D eigenvalue weighted by Gasteiger charge is 2.23. The molecular weight excluding hydrogens is 362 g/mol. The summed E-state index contributed by atoms with van der Waals surface area (Å²) < 4.78 is 26.4. The zero-order valence-electron chi connectivity index (χ0n) is 16.8. The SMILES string of the molecule is Cc1n[nH]c(C)c1CN(C)Cc1cnc(S(C)(=O)=O)n1CC1CCCCC1. The molecule has 0 aromatic carbocycles. The molecule has 2 aromatic heterocycles. The summed E-state index contributed by atoms with van der Waals surface area (Å²) >= 11 is 0. The maximum Gasteiger partial charge on any atom is 0.227 e. The third-order valence-electron chi connectivity index (χ3n) is 5.54. The summed E-state index contributed by atoms with van der Waals surface area (Å²) in [5.41, 5.74) is 4.24. The van der Waals surface area contributed by atoms with E-state index in [1.54, 1.807) is 6.20 Å². The average Bonchev–Trinajstić information content (AvgIpc) is 3.14. The molecule has 150 valence electrons. The van der Waals surface area contributed by atoms with E-state index in [2.05, 4.69) is 20.1 Å². The Morgan fingerprint density at radius 1 is 1.22 bits per heavy atom. The van der Waals surface area contributed by atoms with Crippen LogP contribution in [0, 0.1) is 19.8 Å². The Hall–Kier alpha value is -1.67. The highest BCUT2D eigenvalue weighted by molar-refractivity contribution is 7.90. The molecular formula is C19H31N5O2S. The van der Waals surface area contributed by atoms with Gasteiger partial charge in [0.25, 0.3) is 0 Å². The van der Waals surface area contributed by atoms with Gasteiger partial charge >= 0.3 is 0 Å². The average molecular weight is 394 g/mol. The molecule has 0 unspecified atom stereocenters. The Kier molecular flexibility index (Phi) is 6.05. The minimum absolute atomic E-state index is 0.201. The number of hydrogen-bond acceptors (Lipinski definition) is 5. The first-order valence-electron chi connectivity index (χ1n) is 9.69. The van der Waals surface area contributed by atoms with Crippen molar-refractivity contribution in [1.82, 2.24) is 24.6 Å². The summed E-state index contributed by atoms with van der Waals surface area (Å²) in [4.78, 5) is 6.45. The van der Waals surface area contributed by atoms with Crippen molar-refractivity contribution in [1.29, 1.82) is 0 Å². The molecule has 2 heterocycles. The number of H-pyrrole nitrogens is 1. The highest BCUT2D eigenvalue weighted by Crippen LogP contribution is 2.27. The van der Waals surface area contributed by atoms with Crippen LogP contribution < -0.4 is 0 Å². The maximum absolute atomic E-state index is 12.2.